The third-order valence-electron chi connectivity index (χ3n) is 5.22. The first-order valence-electron chi connectivity index (χ1n) is 10.0. The number of ether oxygens (including phenoxy) is 5. The fraction of sp³-hybridized carbons (Fsp3) is 0.200. The van der Waals surface area contributed by atoms with Crippen LogP contribution < -0.4 is 23.7 Å². The Labute approximate surface area is 195 Å². The van der Waals surface area contributed by atoms with Crippen LogP contribution in [0, 0.1) is 13.8 Å². The number of aryl methyl sites for hydroxylation is 2. The van der Waals surface area contributed by atoms with Gasteiger partial charge in [-0.2, -0.15) is 0 Å². The van der Waals surface area contributed by atoms with Gasteiger partial charge in [0.15, 0.2) is 17.3 Å². The highest BCUT2D eigenvalue weighted by Gasteiger charge is 2.30. The van der Waals surface area contributed by atoms with Crippen molar-refractivity contribution in [3.8, 4) is 28.7 Å². The monoisotopic (exact) mass is 466 g/mol. The number of esters is 1. The number of hydrogen-bond donors (Lipinski definition) is 0. The number of Topliss-reactive ketones (excluding diaryl/α,β-unsaturated/α-hetero) is 1. The van der Waals surface area contributed by atoms with E-state index in [4.69, 9.17) is 23.7 Å². The molecule has 2 heterocycles. The van der Waals surface area contributed by atoms with Crippen molar-refractivity contribution in [1.29, 1.82) is 0 Å². The largest absolute Gasteiger partial charge is 0.493 e. The van der Waals surface area contributed by atoms with Crippen LogP contribution in [0.2, 0.25) is 0 Å². The molecule has 0 radical (unpaired) electrons. The highest BCUT2D eigenvalue weighted by molar-refractivity contribution is 7.11. The fourth-order valence-electron chi connectivity index (χ4n) is 3.55. The van der Waals surface area contributed by atoms with Crippen molar-refractivity contribution in [2.75, 3.05) is 21.3 Å². The summed E-state index contributed by atoms with van der Waals surface area (Å²) >= 11 is 1.53. The summed E-state index contributed by atoms with van der Waals surface area (Å²) in [6, 6.07) is 8.17. The lowest BCUT2D eigenvalue weighted by molar-refractivity contribution is 0.0733. The van der Waals surface area contributed by atoms with Gasteiger partial charge in [0.2, 0.25) is 11.5 Å². The Morgan fingerprint density at radius 2 is 1.67 bits per heavy atom. The molecular formula is C25H22O7S. The molecule has 0 aliphatic carbocycles. The van der Waals surface area contributed by atoms with Crippen LogP contribution in [0.3, 0.4) is 0 Å². The highest BCUT2D eigenvalue weighted by atomic mass is 32.1. The number of rotatable bonds is 6. The van der Waals surface area contributed by atoms with Crippen molar-refractivity contribution < 1.29 is 33.3 Å². The van der Waals surface area contributed by atoms with Gasteiger partial charge in [-0.25, -0.2) is 4.79 Å². The van der Waals surface area contributed by atoms with Gasteiger partial charge in [-0.3, -0.25) is 4.79 Å². The Bertz CT molecular complexity index is 1260. The molecular weight excluding hydrogens is 444 g/mol. The SMILES string of the molecule is COc1cc(C(=O)Oc2cc(C)c3c(c2)O/C(=C\c2sccc2C)C3=O)cc(OC)c1OC. The zero-order valence-electron chi connectivity index (χ0n) is 18.8. The molecule has 0 atom stereocenters. The molecule has 8 heteroatoms. The van der Waals surface area contributed by atoms with E-state index in [-0.39, 0.29) is 22.9 Å². The number of benzene rings is 2. The van der Waals surface area contributed by atoms with Gasteiger partial charge in [-0.1, -0.05) is 0 Å². The molecule has 33 heavy (non-hydrogen) atoms. The van der Waals surface area contributed by atoms with Crippen molar-refractivity contribution >= 4 is 29.2 Å². The van der Waals surface area contributed by atoms with Crippen LogP contribution in [0.4, 0.5) is 0 Å². The number of hydrogen-bond acceptors (Lipinski definition) is 8. The van der Waals surface area contributed by atoms with Crippen molar-refractivity contribution in [3.63, 3.8) is 0 Å². The minimum Gasteiger partial charge on any atom is -0.493 e. The molecule has 0 amide bonds. The van der Waals surface area contributed by atoms with Crippen LogP contribution in [0.25, 0.3) is 6.08 Å². The minimum absolute atomic E-state index is 0.196. The maximum atomic E-state index is 12.9. The first kappa shape index (κ1) is 22.4. The van der Waals surface area contributed by atoms with E-state index in [9.17, 15) is 9.59 Å². The molecule has 1 aliphatic rings. The molecule has 7 nitrogen and oxygen atoms in total. The first-order valence-corrected chi connectivity index (χ1v) is 10.9. The molecule has 0 spiro atoms. The molecule has 0 fully saturated rings. The summed E-state index contributed by atoms with van der Waals surface area (Å²) in [5.74, 6) is 1.08. The summed E-state index contributed by atoms with van der Waals surface area (Å²) in [6.07, 6.45) is 1.74. The summed E-state index contributed by atoms with van der Waals surface area (Å²) in [5.41, 5.74) is 2.39. The van der Waals surface area contributed by atoms with Crippen LogP contribution in [0.15, 0.2) is 41.5 Å². The maximum absolute atomic E-state index is 12.9. The maximum Gasteiger partial charge on any atom is 0.343 e. The first-order chi connectivity index (χ1) is 15.9. The van der Waals surface area contributed by atoms with Crippen LogP contribution >= 0.6 is 11.3 Å². The van der Waals surface area contributed by atoms with Crippen molar-refractivity contribution in [3.05, 3.63) is 68.6 Å². The molecule has 2 aromatic carbocycles. The van der Waals surface area contributed by atoms with Gasteiger partial charge in [0.05, 0.1) is 32.5 Å². The number of thiophene rings is 1. The predicted octanol–water partition coefficient (Wildman–Crippen LogP) is 5.23. The summed E-state index contributed by atoms with van der Waals surface area (Å²) in [4.78, 5) is 26.7. The second kappa shape index (κ2) is 8.99. The van der Waals surface area contributed by atoms with E-state index in [2.05, 4.69) is 0 Å². The zero-order chi connectivity index (χ0) is 23.7. The van der Waals surface area contributed by atoms with Crippen LogP contribution in [-0.2, 0) is 0 Å². The van der Waals surface area contributed by atoms with Gasteiger partial charge in [-0.15, -0.1) is 11.3 Å². The van der Waals surface area contributed by atoms with E-state index in [1.54, 1.807) is 19.1 Å². The topological polar surface area (TPSA) is 80.3 Å². The molecule has 0 unspecified atom stereocenters. The zero-order valence-corrected chi connectivity index (χ0v) is 19.6. The Hall–Kier alpha value is -3.78. The number of carbonyl (C=O) groups excluding carboxylic acids is 2. The smallest absolute Gasteiger partial charge is 0.343 e. The summed E-state index contributed by atoms with van der Waals surface area (Å²) in [6.45, 7) is 3.75. The minimum atomic E-state index is -0.622. The molecule has 0 saturated heterocycles. The van der Waals surface area contributed by atoms with Crippen molar-refractivity contribution in [2.24, 2.45) is 0 Å². The Morgan fingerprint density at radius 3 is 2.24 bits per heavy atom. The molecule has 1 aromatic heterocycles. The number of allylic oxidation sites excluding steroid dienone is 1. The molecule has 0 saturated carbocycles. The van der Waals surface area contributed by atoms with Gasteiger partial charge in [-0.05, 0) is 54.6 Å². The van der Waals surface area contributed by atoms with Crippen molar-refractivity contribution in [1.82, 2.24) is 0 Å². The standard InChI is InChI=1S/C25H22O7S/c1-13-6-7-33-21(13)12-18-23(26)22-14(2)8-16(11-17(22)32-18)31-25(27)15-9-19(28-3)24(30-5)20(10-15)29-4/h6-12H,1-5H3/b18-12-. The van der Waals surface area contributed by atoms with E-state index in [0.717, 1.165) is 10.4 Å². The van der Waals surface area contributed by atoms with Crippen LogP contribution in [0.1, 0.15) is 36.7 Å². The van der Waals surface area contributed by atoms with E-state index in [1.807, 2.05) is 18.4 Å². The number of methoxy groups -OCH3 is 3. The summed E-state index contributed by atoms with van der Waals surface area (Å²) in [5, 5.41) is 1.96. The average molecular weight is 467 g/mol. The highest BCUT2D eigenvalue weighted by Crippen LogP contribution is 2.40. The van der Waals surface area contributed by atoms with Gasteiger partial charge in [0, 0.05) is 17.0 Å². The lowest BCUT2D eigenvalue weighted by Gasteiger charge is -2.14. The van der Waals surface area contributed by atoms with Crippen LogP contribution in [-0.4, -0.2) is 33.1 Å². The lowest BCUT2D eigenvalue weighted by Crippen LogP contribution is -2.10. The van der Waals surface area contributed by atoms with Crippen LogP contribution in [0.5, 0.6) is 28.7 Å². The van der Waals surface area contributed by atoms with Gasteiger partial charge in [0.25, 0.3) is 0 Å². The third kappa shape index (κ3) is 4.17. The average Bonchev–Trinajstić information content (AvgIpc) is 3.35. The second-order valence-electron chi connectivity index (χ2n) is 7.32. The Balaban J connectivity index is 1.62. The quantitative estimate of drug-likeness (QED) is 0.280. The van der Waals surface area contributed by atoms with Gasteiger partial charge >= 0.3 is 5.97 Å². The van der Waals surface area contributed by atoms with E-state index >= 15 is 0 Å². The third-order valence-corrected chi connectivity index (χ3v) is 6.18. The number of fused-ring (bicyclic) bond motifs is 1. The normalized spacial score (nSPS) is 13.5. The Kier molecular flexibility index (Phi) is 6.11. The summed E-state index contributed by atoms with van der Waals surface area (Å²) < 4.78 is 27.3. The molecule has 1 aliphatic heterocycles. The molecule has 3 aromatic rings. The number of ketones is 1. The van der Waals surface area contributed by atoms with E-state index in [1.165, 1.54) is 50.9 Å². The fourth-order valence-corrected chi connectivity index (χ4v) is 4.40. The van der Waals surface area contributed by atoms with Gasteiger partial charge in [0.1, 0.15) is 11.5 Å². The second-order valence-corrected chi connectivity index (χ2v) is 8.27. The van der Waals surface area contributed by atoms with Gasteiger partial charge < -0.3 is 23.7 Å². The van der Waals surface area contributed by atoms with E-state index < -0.39 is 5.97 Å². The molecule has 0 N–H and O–H groups in total. The predicted molar refractivity (Wildman–Crippen MR) is 124 cm³/mol. The Morgan fingerprint density at radius 1 is 0.970 bits per heavy atom. The number of carbonyl (C=O) groups is 2. The summed E-state index contributed by atoms with van der Waals surface area (Å²) in [7, 11) is 4.41. The lowest BCUT2D eigenvalue weighted by atomic mass is 10.0. The molecule has 4 rings (SSSR count). The van der Waals surface area contributed by atoms with E-state index in [0.29, 0.717) is 34.1 Å². The molecule has 170 valence electrons. The molecule has 0 bridgehead atoms. The van der Waals surface area contributed by atoms with Crippen molar-refractivity contribution in [2.45, 2.75) is 13.8 Å².